The molecule has 0 bridgehead atoms. The molecule has 1 amide bonds. The molecule has 0 fully saturated rings. The Hall–Kier alpha value is -2.24. The molecule has 0 aliphatic heterocycles. The minimum atomic E-state index is -1.38. The van der Waals surface area contributed by atoms with Crippen LogP contribution in [0.15, 0.2) is 18.2 Å². The fourth-order valence-electron chi connectivity index (χ4n) is 3.02. The number of hydrogen-bond donors (Lipinski definition) is 2. The summed E-state index contributed by atoms with van der Waals surface area (Å²) in [4.78, 5) is 24.4. The van der Waals surface area contributed by atoms with Crippen LogP contribution in [0.2, 0.25) is 0 Å². The molecule has 1 aromatic carbocycles. The third kappa shape index (κ3) is 4.65. The SMILES string of the molecule is CCCC(C(=O)O)(C(=O)NCCc1ccc(OC)c(OC)c1)C(C)C. The lowest BCUT2D eigenvalue weighted by Gasteiger charge is -2.31. The Balaban J connectivity index is 2.79. The second kappa shape index (κ2) is 9.30. The second-order valence-electron chi connectivity index (χ2n) is 6.38. The fourth-order valence-corrected chi connectivity index (χ4v) is 3.02. The first kappa shape index (κ1) is 20.8. The molecule has 1 unspecified atom stereocenters. The van der Waals surface area contributed by atoms with Crippen LogP contribution in [0, 0.1) is 11.3 Å². The molecule has 1 rings (SSSR count). The highest BCUT2D eigenvalue weighted by atomic mass is 16.5. The molecule has 1 aromatic rings. The van der Waals surface area contributed by atoms with Crippen LogP contribution in [0.4, 0.5) is 0 Å². The van der Waals surface area contributed by atoms with E-state index < -0.39 is 17.3 Å². The van der Waals surface area contributed by atoms with E-state index in [0.29, 0.717) is 37.3 Å². The van der Waals surface area contributed by atoms with Crippen LogP contribution >= 0.6 is 0 Å². The van der Waals surface area contributed by atoms with Crippen molar-refractivity contribution in [3.63, 3.8) is 0 Å². The summed E-state index contributed by atoms with van der Waals surface area (Å²) < 4.78 is 10.5. The summed E-state index contributed by atoms with van der Waals surface area (Å²) in [6.45, 7) is 5.80. The minimum Gasteiger partial charge on any atom is -0.493 e. The normalized spacial score (nSPS) is 13.2. The molecule has 6 nitrogen and oxygen atoms in total. The van der Waals surface area contributed by atoms with E-state index in [9.17, 15) is 14.7 Å². The molecule has 0 radical (unpaired) electrons. The van der Waals surface area contributed by atoms with E-state index in [2.05, 4.69) is 5.32 Å². The summed E-state index contributed by atoms with van der Waals surface area (Å²) in [5.74, 6) is -0.501. The van der Waals surface area contributed by atoms with Crippen molar-refractivity contribution in [3.8, 4) is 11.5 Å². The van der Waals surface area contributed by atoms with Gasteiger partial charge in [0.05, 0.1) is 14.2 Å². The molecule has 0 saturated carbocycles. The lowest BCUT2D eigenvalue weighted by atomic mass is 9.73. The van der Waals surface area contributed by atoms with Gasteiger partial charge in [0, 0.05) is 6.54 Å². The molecule has 0 saturated heterocycles. The van der Waals surface area contributed by atoms with Crippen molar-refractivity contribution in [1.29, 1.82) is 0 Å². The number of carbonyl (C=O) groups is 2. The number of carboxylic acid groups (broad SMARTS) is 1. The molecule has 0 heterocycles. The van der Waals surface area contributed by atoms with Crippen molar-refractivity contribution in [3.05, 3.63) is 23.8 Å². The molecule has 25 heavy (non-hydrogen) atoms. The van der Waals surface area contributed by atoms with Gasteiger partial charge in [-0.25, -0.2) is 0 Å². The zero-order chi connectivity index (χ0) is 19.0. The standard InChI is InChI=1S/C19H29NO5/c1-6-10-19(13(2)3,18(22)23)17(21)20-11-9-14-7-8-15(24-4)16(12-14)25-5/h7-8,12-13H,6,9-11H2,1-5H3,(H,20,21)(H,22,23). The molecular weight excluding hydrogens is 322 g/mol. The van der Waals surface area contributed by atoms with Crippen LogP contribution in [0.3, 0.4) is 0 Å². The van der Waals surface area contributed by atoms with Crippen LogP contribution in [-0.2, 0) is 16.0 Å². The number of rotatable bonds is 10. The number of ether oxygens (including phenoxy) is 2. The van der Waals surface area contributed by atoms with Crippen LogP contribution in [0.25, 0.3) is 0 Å². The Labute approximate surface area is 149 Å². The predicted octanol–water partition coefficient (Wildman–Crippen LogP) is 2.89. The van der Waals surface area contributed by atoms with E-state index in [-0.39, 0.29) is 5.92 Å². The van der Waals surface area contributed by atoms with Gasteiger partial charge in [-0.3, -0.25) is 9.59 Å². The van der Waals surface area contributed by atoms with Crippen molar-refractivity contribution in [2.45, 2.75) is 40.0 Å². The monoisotopic (exact) mass is 351 g/mol. The number of carbonyl (C=O) groups excluding carboxylic acids is 1. The average Bonchev–Trinajstić information content (AvgIpc) is 2.58. The Morgan fingerprint density at radius 1 is 1.20 bits per heavy atom. The quantitative estimate of drug-likeness (QED) is 0.633. The van der Waals surface area contributed by atoms with Gasteiger partial charge in [-0.1, -0.05) is 33.3 Å². The Morgan fingerprint density at radius 2 is 1.84 bits per heavy atom. The van der Waals surface area contributed by atoms with Gasteiger partial charge in [-0.2, -0.15) is 0 Å². The van der Waals surface area contributed by atoms with Gasteiger partial charge in [0.25, 0.3) is 0 Å². The van der Waals surface area contributed by atoms with Crippen molar-refractivity contribution < 1.29 is 24.2 Å². The maximum atomic E-state index is 12.6. The largest absolute Gasteiger partial charge is 0.493 e. The highest BCUT2D eigenvalue weighted by molar-refractivity contribution is 6.02. The van der Waals surface area contributed by atoms with Gasteiger partial charge < -0.3 is 19.9 Å². The summed E-state index contributed by atoms with van der Waals surface area (Å²) in [5, 5.41) is 12.4. The smallest absolute Gasteiger partial charge is 0.319 e. The topological polar surface area (TPSA) is 84.9 Å². The van der Waals surface area contributed by atoms with E-state index in [0.717, 1.165) is 5.56 Å². The van der Waals surface area contributed by atoms with Gasteiger partial charge in [0.2, 0.25) is 5.91 Å². The first-order chi connectivity index (χ1) is 11.8. The molecule has 0 spiro atoms. The summed E-state index contributed by atoms with van der Waals surface area (Å²) in [5.41, 5.74) is -0.411. The molecular formula is C19H29NO5. The number of nitrogens with one attached hydrogen (secondary N) is 1. The molecule has 0 aromatic heterocycles. The number of carboxylic acids is 1. The number of methoxy groups -OCH3 is 2. The van der Waals surface area contributed by atoms with Crippen molar-refractivity contribution >= 4 is 11.9 Å². The van der Waals surface area contributed by atoms with Gasteiger partial charge in [0.15, 0.2) is 11.5 Å². The zero-order valence-corrected chi connectivity index (χ0v) is 15.7. The van der Waals surface area contributed by atoms with E-state index in [1.165, 1.54) is 0 Å². The highest BCUT2D eigenvalue weighted by Gasteiger charge is 2.47. The summed E-state index contributed by atoms with van der Waals surface area (Å²) in [7, 11) is 3.14. The number of benzene rings is 1. The van der Waals surface area contributed by atoms with Crippen molar-refractivity contribution in [2.24, 2.45) is 11.3 Å². The van der Waals surface area contributed by atoms with E-state index in [1.807, 2.05) is 25.1 Å². The van der Waals surface area contributed by atoms with Crippen molar-refractivity contribution in [1.82, 2.24) is 5.32 Å². The Bertz CT molecular complexity index is 599. The van der Waals surface area contributed by atoms with Gasteiger partial charge in [0.1, 0.15) is 5.41 Å². The number of hydrogen-bond acceptors (Lipinski definition) is 4. The van der Waals surface area contributed by atoms with Gasteiger partial charge in [-0.05, 0) is 36.5 Å². The second-order valence-corrected chi connectivity index (χ2v) is 6.38. The van der Waals surface area contributed by atoms with E-state index in [4.69, 9.17) is 9.47 Å². The fraction of sp³-hybridized carbons (Fsp3) is 0.579. The van der Waals surface area contributed by atoms with Crippen molar-refractivity contribution in [2.75, 3.05) is 20.8 Å². The average molecular weight is 351 g/mol. The minimum absolute atomic E-state index is 0.286. The molecule has 1 atom stereocenters. The first-order valence-electron chi connectivity index (χ1n) is 8.56. The van der Waals surface area contributed by atoms with E-state index >= 15 is 0 Å². The highest BCUT2D eigenvalue weighted by Crippen LogP contribution is 2.34. The first-order valence-corrected chi connectivity index (χ1v) is 8.56. The van der Waals surface area contributed by atoms with Crippen LogP contribution in [0.5, 0.6) is 11.5 Å². The van der Waals surface area contributed by atoms with Crippen LogP contribution in [-0.4, -0.2) is 37.7 Å². The Kier molecular flexibility index (Phi) is 7.74. The predicted molar refractivity (Wildman–Crippen MR) is 96.1 cm³/mol. The van der Waals surface area contributed by atoms with Crippen LogP contribution in [0.1, 0.15) is 39.2 Å². The molecule has 0 aliphatic carbocycles. The molecule has 6 heteroatoms. The van der Waals surface area contributed by atoms with Gasteiger partial charge >= 0.3 is 5.97 Å². The summed E-state index contributed by atoms with van der Waals surface area (Å²) in [6, 6.07) is 5.55. The lowest BCUT2D eigenvalue weighted by Crippen LogP contribution is -2.50. The molecule has 2 N–H and O–H groups in total. The maximum Gasteiger partial charge on any atom is 0.319 e. The lowest BCUT2D eigenvalue weighted by molar-refractivity contribution is -0.160. The molecule has 140 valence electrons. The Morgan fingerprint density at radius 3 is 2.32 bits per heavy atom. The van der Waals surface area contributed by atoms with Crippen LogP contribution < -0.4 is 14.8 Å². The summed E-state index contributed by atoms with van der Waals surface area (Å²) in [6.07, 6.45) is 1.53. The number of amides is 1. The number of aliphatic carboxylic acids is 1. The third-order valence-electron chi connectivity index (χ3n) is 4.56. The maximum absolute atomic E-state index is 12.6. The summed E-state index contributed by atoms with van der Waals surface area (Å²) >= 11 is 0. The third-order valence-corrected chi connectivity index (χ3v) is 4.56. The molecule has 0 aliphatic rings. The zero-order valence-electron chi connectivity index (χ0n) is 15.7. The van der Waals surface area contributed by atoms with Gasteiger partial charge in [-0.15, -0.1) is 0 Å². The van der Waals surface area contributed by atoms with E-state index in [1.54, 1.807) is 28.1 Å².